The monoisotopic (exact) mass is 477 g/mol. The number of fused-ring (bicyclic) bond motifs is 5. The minimum absolute atomic E-state index is 0.263. The van der Waals surface area contributed by atoms with E-state index in [1.807, 2.05) is 0 Å². The summed E-state index contributed by atoms with van der Waals surface area (Å²) >= 11 is 0. The second kappa shape index (κ2) is 9.72. The molecule has 4 aliphatic carbocycles. The molecule has 1 aromatic carbocycles. The van der Waals surface area contributed by atoms with E-state index < -0.39 is 0 Å². The number of hydrogen-bond donors (Lipinski definition) is 1. The maximum Gasteiger partial charge on any atom is 0.0343 e. The summed E-state index contributed by atoms with van der Waals surface area (Å²) in [6.45, 7) is 15.1. The van der Waals surface area contributed by atoms with Crippen LogP contribution in [0.2, 0.25) is 0 Å². The van der Waals surface area contributed by atoms with Crippen LogP contribution in [0.15, 0.2) is 30.3 Å². The Balaban J connectivity index is 1.32. The number of nitrogens with one attached hydrogen (secondary N) is 1. The first-order valence-corrected chi connectivity index (χ1v) is 15.5. The van der Waals surface area contributed by atoms with Crippen LogP contribution in [-0.2, 0) is 0 Å². The van der Waals surface area contributed by atoms with Crippen LogP contribution in [0.5, 0.6) is 0 Å². The van der Waals surface area contributed by atoms with Crippen LogP contribution in [0.4, 0.5) is 5.69 Å². The highest BCUT2D eigenvalue weighted by Gasteiger charge is 2.59. The smallest absolute Gasteiger partial charge is 0.0343 e. The molecule has 196 valence electrons. The van der Waals surface area contributed by atoms with E-state index in [4.69, 9.17) is 0 Å². The molecule has 1 aromatic rings. The summed E-state index contributed by atoms with van der Waals surface area (Å²) in [6, 6.07) is 11.6. The molecule has 4 saturated carbocycles. The second-order valence-electron chi connectivity index (χ2n) is 15.2. The molecule has 0 spiro atoms. The Hall–Kier alpha value is -0.980. The number of para-hydroxylation sites is 1. The largest absolute Gasteiger partial charge is 0.381 e. The topological polar surface area (TPSA) is 12.0 Å². The van der Waals surface area contributed by atoms with Crippen molar-refractivity contribution in [2.45, 2.75) is 125 Å². The molecular formula is C34H55N. The van der Waals surface area contributed by atoms with E-state index >= 15 is 0 Å². The molecule has 1 heteroatoms. The second-order valence-corrected chi connectivity index (χ2v) is 15.2. The SMILES string of the molecule is CCCC[C@]1(C)CCC2C(CCC3C2CCC2(C)C([C@@H](Nc4ccccc4)C(C)(C)C)CC[C@@H]32)C1. The van der Waals surface area contributed by atoms with Crippen LogP contribution in [0.25, 0.3) is 0 Å². The van der Waals surface area contributed by atoms with E-state index in [9.17, 15) is 0 Å². The number of unbranched alkanes of at least 4 members (excludes halogenated alkanes) is 1. The van der Waals surface area contributed by atoms with Crippen molar-refractivity contribution in [1.82, 2.24) is 0 Å². The summed E-state index contributed by atoms with van der Waals surface area (Å²) in [5.74, 6) is 5.88. The molecule has 4 fully saturated rings. The predicted molar refractivity (Wildman–Crippen MR) is 152 cm³/mol. The van der Waals surface area contributed by atoms with Gasteiger partial charge in [-0.3, -0.25) is 0 Å². The van der Waals surface area contributed by atoms with E-state index in [1.165, 1.54) is 69.9 Å². The third-order valence-corrected chi connectivity index (χ3v) is 12.0. The van der Waals surface area contributed by atoms with Gasteiger partial charge in [-0.2, -0.15) is 0 Å². The number of benzene rings is 1. The summed E-state index contributed by atoms with van der Waals surface area (Å²) in [5, 5.41) is 4.06. The molecule has 0 aliphatic heterocycles. The number of anilines is 1. The van der Waals surface area contributed by atoms with Gasteiger partial charge in [-0.05, 0) is 128 Å². The molecule has 4 aliphatic rings. The molecule has 0 radical (unpaired) electrons. The van der Waals surface area contributed by atoms with Gasteiger partial charge in [-0.15, -0.1) is 0 Å². The van der Waals surface area contributed by atoms with E-state index in [2.05, 4.69) is 77.2 Å². The maximum absolute atomic E-state index is 4.06. The Morgan fingerprint density at radius 3 is 2.34 bits per heavy atom. The summed E-state index contributed by atoms with van der Waals surface area (Å²) < 4.78 is 0. The van der Waals surface area contributed by atoms with E-state index in [0.29, 0.717) is 16.9 Å². The van der Waals surface area contributed by atoms with Gasteiger partial charge in [0.2, 0.25) is 0 Å². The molecule has 0 saturated heterocycles. The molecule has 0 amide bonds. The zero-order valence-corrected chi connectivity index (χ0v) is 23.9. The first kappa shape index (κ1) is 25.7. The molecule has 0 bridgehead atoms. The van der Waals surface area contributed by atoms with Crippen LogP contribution < -0.4 is 5.32 Å². The highest BCUT2D eigenvalue weighted by Crippen LogP contribution is 2.66. The normalized spacial score (nSPS) is 42.0. The quantitative estimate of drug-likeness (QED) is 0.430. The first-order valence-electron chi connectivity index (χ1n) is 15.5. The van der Waals surface area contributed by atoms with Crippen LogP contribution in [-0.4, -0.2) is 6.04 Å². The summed E-state index contributed by atoms with van der Waals surface area (Å²) in [4.78, 5) is 0. The fraction of sp³-hybridized carbons (Fsp3) is 0.824. The molecule has 0 heterocycles. The zero-order valence-electron chi connectivity index (χ0n) is 23.9. The standard InChI is InChI=1S/C34H55N/c1-7-8-20-33(5)21-18-26-24(23-33)14-15-28-27(26)19-22-34(6)29(28)16-17-30(34)31(32(2,3)4)35-25-12-10-9-11-13-25/h9-13,24,26-31,35H,7-8,14-23H2,1-6H3/t24?,26?,27?,28?,29-,30?,31+,33+,34?/m0/s1. The van der Waals surface area contributed by atoms with Gasteiger partial charge in [0.25, 0.3) is 0 Å². The lowest BCUT2D eigenvalue weighted by Gasteiger charge is -2.58. The summed E-state index contributed by atoms with van der Waals surface area (Å²) in [7, 11) is 0. The zero-order chi connectivity index (χ0) is 24.8. The van der Waals surface area contributed by atoms with Crippen LogP contribution in [0.1, 0.15) is 119 Å². The maximum atomic E-state index is 4.06. The van der Waals surface area contributed by atoms with Gasteiger partial charge in [-0.25, -0.2) is 0 Å². The average molecular weight is 478 g/mol. The Bertz CT molecular complexity index is 838. The molecule has 1 nitrogen and oxygen atoms in total. The van der Waals surface area contributed by atoms with Gasteiger partial charge < -0.3 is 5.32 Å². The van der Waals surface area contributed by atoms with Crippen molar-refractivity contribution >= 4 is 5.69 Å². The summed E-state index contributed by atoms with van der Waals surface area (Å²) in [5.41, 5.74) is 2.73. The van der Waals surface area contributed by atoms with Crippen LogP contribution >= 0.6 is 0 Å². The molecule has 5 rings (SSSR count). The molecule has 9 atom stereocenters. The van der Waals surface area contributed by atoms with Crippen LogP contribution in [0.3, 0.4) is 0 Å². The third-order valence-electron chi connectivity index (χ3n) is 12.0. The van der Waals surface area contributed by atoms with E-state index in [-0.39, 0.29) is 5.41 Å². The van der Waals surface area contributed by atoms with Crippen molar-refractivity contribution < 1.29 is 0 Å². The number of rotatable bonds is 6. The molecule has 1 N–H and O–H groups in total. The average Bonchev–Trinajstić information content (AvgIpc) is 3.17. The third kappa shape index (κ3) is 4.84. The lowest BCUT2D eigenvalue weighted by Crippen LogP contribution is -2.53. The van der Waals surface area contributed by atoms with Gasteiger partial charge in [0, 0.05) is 11.7 Å². The summed E-state index contributed by atoms with van der Waals surface area (Å²) in [6.07, 6.45) is 17.8. The van der Waals surface area contributed by atoms with Crippen molar-refractivity contribution in [2.24, 2.45) is 51.8 Å². The van der Waals surface area contributed by atoms with Gasteiger partial charge in [0.1, 0.15) is 0 Å². The van der Waals surface area contributed by atoms with Crippen molar-refractivity contribution in [1.29, 1.82) is 0 Å². The van der Waals surface area contributed by atoms with Crippen molar-refractivity contribution in [3.8, 4) is 0 Å². The highest BCUT2D eigenvalue weighted by atomic mass is 15.0. The highest BCUT2D eigenvalue weighted by molar-refractivity contribution is 5.44. The predicted octanol–water partition coefficient (Wildman–Crippen LogP) is 9.98. The number of hydrogen-bond acceptors (Lipinski definition) is 1. The molecule has 6 unspecified atom stereocenters. The lowest BCUT2D eigenvalue weighted by atomic mass is 9.47. The first-order chi connectivity index (χ1) is 16.6. The van der Waals surface area contributed by atoms with Gasteiger partial charge in [-0.1, -0.05) is 72.6 Å². The van der Waals surface area contributed by atoms with Crippen molar-refractivity contribution in [3.63, 3.8) is 0 Å². The molecule has 0 aromatic heterocycles. The van der Waals surface area contributed by atoms with Gasteiger partial charge >= 0.3 is 0 Å². The van der Waals surface area contributed by atoms with Crippen molar-refractivity contribution in [3.05, 3.63) is 30.3 Å². The van der Waals surface area contributed by atoms with E-state index in [1.54, 1.807) is 12.8 Å². The molecular weight excluding hydrogens is 422 g/mol. The Morgan fingerprint density at radius 1 is 0.886 bits per heavy atom. The molecule has 35 heavy (non-hydrogen) atoms. The van der Waals surface area contributed by atoms with E-state index in [0.717, 1.165) is 35.5 Å². The fourth-order valence-corrected chi connectivity index (χ4v) is 10.2. The van der Waals surface area contributed by atoms with Gasteiger partial charge in [0.15, 0.2) is 0 Å². The Kier molecular flexibility index (Phi) is 7.13. The Morgan fingerprint density at radius 2 is 1.63 bits per heavy atom. The lowest BCUT2D eigenvalue weighted by molar-refractivity contribution is -0.0831. The Labute approximate surface area is 217 Å². The van der Waals surface area contributed by atoms with Crippen molar-refractivity contribution in [2.75, 3.05) is 5.32 Å². The minimum atomic E-state index is 0.263. The van der Waals surface area contributed by atoms with Crippen LogP contribution in [0, 0.1) is 51.8 Å². The minimum Gasteiger partial charge on any atom is -0.381 e. The fourth-order valence-electron chi connectivity index (χ4n) is 10.2. The van der Waals surface area contributed by atoms with Gasteiger partial charge in [0.05, 0.1) is 0 Å².